The van der Waals surface area contributed by atoms with Gasteiger partial charge < -0.3 is 10.7 Å². The molecule has 2 aromatic carbocycles. The number of aromatic amines is 1. The van der Waals surface area contributed by atoms with E-state index in [9.17, 15) is 4.39 Å². The van der Waals surface area contributed by atoms with E-state index < -0.39 is 5.82 Å². The average Bonchev–Trinajstić information content (AvgIpc) is 2.98. The lowest BCUT2D eigenvalue weighted by atomic mass is 10.0. The Balaban J connectivity index is 2.00. The van der Waals surface area contributed by atoms with Crippen LogP contribution in [0.3, 0.4) is 0 Å². The molecule has 4 nitrogen and oxygen atoms in total. The van der Waals surface area contributed by atoms with Crippen molar-refractivity contribution in [1.82, 2.24) is 9.97 Å². The summed E-state index contributed by atoms with van der Waals surface area (Å²) in [6, 6.07) is 10.2. The van der Waals surface area contributed by atoms with Crippen molar-refractivity contribution >= 4 is 16.7 Å². The van der Waals surface area contributed by atoms with E-state index in [1.165, 1.54) is 12.1 Å². The van der Waals surface area contributed by atoms with Crippen molar-refractivity contribution in [2.24, 2.45) is 5.73 Å². The molecule has 0 aliphatic carbocycles. The fourth-order valence-electron chi connectivity index (χ4n) is 2.61. The van der Waals surface area contributed by atoms with E-state index >= 15 is 0 Å². The number of nitrogens with two attached hydrogens (primary N) is 1. The Kier molecular flexibility index (Phi) is 4.09. The number of imidazole rings is 1. The molecule has 0 bridgehead atoms. The molecule has 0 spiro atoms. The first-order valence-electron chi connectivity index (χ1n) is 7.55. The molecule has 3 aromatic rings. The molecule has 1 aromatic heterocycles. The summed E-state index contributed by atoms with van der Waals surface area (Å²) in [6.45, 7) is 8.99. The van der Waals surface area contributed by atoms with Gasteiger partial charge in [0.25, 0.3) is 0 Å². The quantitative estimate of drug-likeness (QED) is 0.685. The number of hydrogen-bond donors (Lipinski definition) is 2. The number of hydrogen-bond acceptors (Lipinski definition) is 2. The zero-order valence-corrected chi connectivity index (χ0v) is 12.8. The van der Waals surface area contributed by atoms with Crippen molar-refractivity contribution < 1.29 is 4.39 Å². The first kappa shape index (κ1) is 15.2. The fraction of sp³-hybridized carbons (Fsp3) is 0.222. The molecule has 0 aliphatic heterocycles. The van der Waals surface area contributed by atoms with Gasteiger partial charge in [-0.05, 0) is 35.7 Å². The molecule has 0 amide bonds. The molecule has 1 atom stereocenters. The van der Waals surface area contributed by atoms with Gasteiger partial charge in [-0.1, -0.05) is 31.5 Å². The largest absolute Gasteiger partial charge is 0.341 e. The van der Waals surface area contributed by atoms with Crippen molar-refractivity contribution in [1.29, 1.82) is 0 Å². The normalized spacial score (nSPS) is 12.3. The highest BCUT2D eigenvalue weighted by atomic mass is 19.1. The minimum Gasteiger partial charge on any atom is -0.341 e. The van der Waals surface area contributed by atoms with Crippen molar-refractivity contribution in [3.63, 3.8) is 0 Å². The van der Waals surface area contributed by atoms with E-state index in [1.807, 2.05) is 18.2 Å². The van der Waals surface area contributed by atoms with Crippen LogP contribution >= 0.6 is 0 Å². The first-order chi connectivity index (χ1) is 11.1. The van der Waals surface area contributed by atoms with Gasteiger partial charge in [0.05, 0.1) is 23.6 Å². The Bertz CT molecular complexity index is 892. The topological polar surface area (TPSA) is 59.1 Å². The molecular weight excluding hydrogens is 291 g/mol. The van der Waals surface area contributed by atoms with Gasteiger partial charge in [0, 0.05) is 0 Å². The molecule has 3 N–H and O–H groups in total. The van der Waals surface area contributed by atoms with Crippen molar-refractivity contribution in [3.8, 4) is 11.1 Å². The van der Waals surface area contributed by atoms with Gasteiger partial charge in [-0.3, -0.25) is 0 Å². The number of halogens is 1. The molecule has 0 saturated carbocycles. The Labute approximate surface area is 134 Å². The molecule has 23 heavy (non-hydrogen) atoms. The van der Waals surface area contributed by atoms with Crippen LogP contribution in [0.5, 0.6) is 0 Å². The summed E-state index contributed by atoms with van der Waals surface area (Å²) in [7, 11) is 0. The van der Waals surface area contributed by atoms with Gasteiger partial charge in [0.2, 0.25) is 5.69 Å². The molecule has 5 heteroatoms. The number of fused-ring (bicyclic) bond motifs is 1. The summed E-state index contributed by atoms with van der Waals surface area (Å²) in [4.78, 5) is 10.9. The third-order valence-corrected chi connectivity index (χ3v) is 3.85. The fourth-order valence-corrected chi connectivity index (χ4v) is 2.61. The van der Waals surface area contributed by atoms with E-state index in [4.69, 9.17) is 12.3 Å². The van der Waals surface area contributed by atoms with Crippen LogP contribution in [-0.4, -0.2) is 9.97 Å². The SMILES string of the molecule is [C-]#[N+]c1ccc(-c2ccc3nc([C@@H](N)CCC)[nH]c3c2)cc1F. The summed E-state index contributed by atoms with van der Waals surface area (Å²) >= 11 is 0. The molecule has 0 aliphatic rings. The summed E-state index contributed by atoms with van der Waals surface area (Å²) in [5.41, 5.74) is 9.44. The zero-order chi connectivity index (χ0) is 16.4. The zero-order valence-electron chi connectivity index (χ0n) is 12.8. The van der Waals surface area contributed by atoms with E-state index in [-0.39, 0.29) is 11.7 Å². The van der Waals surface area contributed by atoms with E-state index in [1.54, 1.807) is 6.07 Å². The van der Waals surface area contributed by atoms with E-state index in [0.29, 0.717) is 0 Å². The predicted molar refractivity (Wildman–Crippen MR) is 89.6 cm³/mol. The smallest absolute Gasteiger partial charge is 0.222 e. The maximum absolute atomic E-state index is 13.8. The summed E-state index contributed by atoms with van der Waals surface area (Å²) in [6.07, 6.45) is 1.87. The Morgan fingerprint density at radius 1 is 1.26 bits per heavy atom. The predicted octanol–water partition coefficient (Wildman–Crippen LogP) is 4.72. The third-order valence-electron chi connectivity index (χ3n) is 3.85. The highest BCUT2D eigenvalue weighted by Crippen LogP contribution is 2.28. The molecule has 3 rings (SSSR count). The second-order valence-corrected chi connectivity index (χ2v) is 5.53. The van der Waals surface area contributed by atoms with Crippen LogP contribution in [0.2, 0.25) is 0 Å². The van der Waals surface area contributed by atoms with Crippen LogP contribution < -0.4 is 5.73 Å². The van der Waals surface area contributed by atoms with Crippen LogP contribution in [0.25, 0.3) is 27.0 Å². The molecule has 0 fully saturated rings. The molecular formula is C18H17FN4. The van der Waals surface area contributed by atoms with E-state index in [0.717, 1.165) is 40.8 Å². The van der Waals surface area contributed by atoms with Crippen molar-refractivity contribution in [2.45, 2.75) is 25.8 Å². The summed E-state index contributed by atoms with van der Waals surface area (Å²) < 4.78 is 13.8. The lowest BCUT2D eigenvalue weighted by molar-refractivity contribution is 0.610. The lowest BCUT2D eigenvalue weighted by Gasteiger charge is -2.05. The van der Waals surface area contributed by atoms with Crippen molar-refractivity contribution in [2.75, 3.05) is 0 Å². The molecule has 116 valence electrons. The maximum atomic E-state index is 13.8. The van der Waals surface area contributed by atoms with Gasteiger partial charge >= 0.3 is 0 Å². The minimum atomic E-state index is -0.507. The van der Waals surface area contributed by atoms with Gasteiger partial charge in [0.15, 0.2) is 0 Å². The van der Waals surface area contributed by atoms with Crippen LogP contribution in [0.1, 0.15) is 31.6 Å². The number of rotatable bonds is 4. The lowest BCUT2D eigenvalue weighted by Crippen LogP contribution is -2.11. The third kappa shape index (κ3) is 2.94. The monoisotopic (exact) mass is 308 g/mol. The number of benzene rings is 2. The van der Waals surface area contributed by atoms with Gasteiger partial charge in [-0.15, -0.1) is 0 Å². The van der Waals surface area contributed by atoms with Crippen LogP contribution in [0, 0.1) is 12.4 Å². The minimum absolute atomic E-state index is 0.0317. The number of nitrogens with one attached hydrogen (secondary N) is 1. The van der Waals surface area contributed by atoms with Gasteiger partial charge in [-0.2, -0.15) is 0 Å². The van der Waals surface area contributed by atoms with Crippen LogP contribution in [0.15, 0.2) is 36.4 Å². The highest BCUT2D eigenvalue weighted by Gasteiger charge is 2.11. The molecule has 0 saturated heterocycles. The summed E-state index contributed by atoms with van der Waals surface area (Å²) in [5, 5.41) is 0. The molecule has 0 radical (unpaired) electrons. The average molecular weight is 308 g/mol. The van der Waals surface area contributed by atoms with Crippen molar-refractivity contribution in [3.05, 3.63) is 59.5 Å². The van der Waals surface area contributed by atoms with E-state index in [2.05, 4.69) is 21.7 Å². The second kappa shape index (κ2) is 6.19. The second-order valence-electron chi connectivity index (χ2n) is 5.53. The van der Waals surface area contributed by atoms with Gasteiger partial charge in [-0.25, -0.2) is 14.2 Å². The number of H-pyrrole nitrogens is 1. The van der Waals surface area contributed by atoms with Gasteiger partial charge in [0.1, 0.15) is 11.6 Å². The maximum Gasteiger partial charge on any atom is 0.222 e. The first-order valence-corrected chi connectivity index (χ1v) is 7.55. The molecule has 1 heterocycles. The van der Waals surface area contributed by atoms with Crippen LogP contribution in [-0.2, 0) is 0 Å². The molecule has 0 unspecified atom stereocenters. The Morgan fingerprint density at radius 3 is 2.70 bits per heavy atom. The Morgan fingerprint density at radius 2 is 2.00 bits per heavy atom. The number of nitrogens with zero attached hydrogens (tertiary/aromatic N) is 2. The standard InChI is InChI=1S/C18H17FN4/c1-3-4-14(20)18-22-16-8-6-12(10-17(16)23-18)11-5-7-15(21-2)13(19)9-11/h5-10,14H,3-4,20H2,1H3,(H,22,23)/t14-/m0/s1. The Hall–Kier alpha value is -2.71. The van der Waals surface area contributed by atoms with Crippen LogP contribution in [0.4, 0.5) is 10.1 Å². The number of aromatic nitrogens is 2. The summed E-state index contributed by atoms with van der Waals surface area (Å²) in [5.74, 6) is 0.265. The highest BCUT2D eigenvalue weighted by molar-refractivity contribution is 5.82.